The number of hydrogen-bond acceptors (Lipinski definition) is 1. The van der Waals surface area contributed by atoms with Gasteiger partial charge < -0.3 is 0 Å². The summed E-state index contributed by atoms with van der Waals surface area (Å²) in [4.78, 5) is 4.82. The fraction of sp³-hybridized carbons (Fsp3) is 0.500. The highest BCUT2D eigenvalue weighted by Gasteiger charge is 2.12. The van der Waals surface area contributed by atoms with Gasteiger partial charge in [0.2, 0.25) is 0 Å². The molecule has 19 heavy (non-hydrogen) atoms. The third-order valence-electron chi connectivity index (χ3n) is 3.75. The second kappa shape index (κ2) is 5.32. The first-order valence-corrected chi connectivity index (χ1v) is 7.34. The molecule has 102 valence electrons. The predicted molar refractivity (Wildman–Crippen MR) is 84.0 cm³/mol. The molecule has 0 fully saturated rings. The van der Waals surface area contributed by atoms with E-state index in [1.54, 1.807) is 0 Å². The Kier molecular flexibility index (Phi) is 3.93. The molecule has 0 spiro atoms. The van der Waals surface area contributed by atoms with Crippen molar-refractivity contribution in [3.05, 3.63) is 41.1 Å². The molecule has 0 bridgehead atoms. The van der Waals surface area contributed by atoms with E-state index in [1.807, 2.05) is 0 Å². The van der Waals surface area contributed by atoms with E-state index < -0.39 is 0 Å². The van der Waals surface area contributed by atoms with Crippen LogP contribution in [-0.2, 0) is 0 Å². The molecule has 0 amide bonds. The van der Waals surface area contributed by atoms with Gasteiger partial charge in [-0.1, -0.05) is 47.6 Å². The van der Waals surface area contributed by atoms with Crippen molar-refractivity contribution < 1.29 is 0 Å². The first-order valence-electron chi connectivity index (χ1n) is 7.34. The van der Waals surface area contributed by atoms with Crippen LogP contribution < -0.4 is 0 Å². The fourth-order valence-electron chi connectivity index (χ4n) is 2.54. The first-order chi connectivity index (χ1) is 8.90. The van der Waals surface area contributed by atoms with Crippen LogP contribution in [0.2, 0.25) is 0 Å². The smallest absolute Gasteiger partial charge is 0.0708 e. The monoisotopic (exact) mass is 255 g/mol. The summed E-state index contributed by atoms with van der Waals surface area (Å²) in [6.45, 7) is 13.4. The van der Waals surface area contributed by atoms with Crippen LogP contribution >= 0.6 is 0 Å². The minimum Gasteiger partial charge on any atom is -0.253 e. The lowest BCUT2D eigenvalue weighted by molar-refractivity contribution is 0.791. The number of benzene rings is 1. The van der Waals surface area contributed by atoms with Gasteiger partial charge in [0.1, 0.15) is 0 Å². The van der Waals surface area contributed by atoms with E-state index in [0.717, 1.165) is 5.52 Å². The van der Waals surface area contributed by atoms with E-state index >= 15 is 0 Å². The summed E-state index contributed by atoms with van der Waals surface area (Å²) < 4.78 is 0. The molecule has 0 radical (unpaired) electrons. The zero-order valence-electron chi connectivity index (χ0n) is 13.0. The molecule has 0 aliphatic carbocycles. The Hall–Kier alpha value is -1.37. The minimum absolute atomic E-state index is 0.483. The molecule has 0 saturated heterocycles. The highest BCUT2D eigenvalue weighted by Crippen LogP contribution is 2.30. The SMILES string of the molecule is CC(C)c1ccc2cc(C(C)C)c(C(C)C)cc2n1. The summed E-state index contributed by atoms with van der Waals surface area (Å²) in [5, 5.41) is 1.26. The molecular formula is C18H25N. The van der Waals surface area contributed by atoms with Crippen LogP contribution in [-0.4, -0.2) is 4.98 Å². The maximum Gasteiger partial charge on any atom is 0.0708 e. The molecule has 1 aromatic carbocycles. The molecule has 2 rings (SSSR count). The Balaban J connectivity index is 2.67. The van der Waals surface area contributed by atoms with E-state index in [1.165, 1.54) is 22.2 Å². The van der Waals surface area contributed by atoms with E-state index in [4.69, 9.17) is 4.98 Å². The van der Waals surface area contributed by atoms with Crippen molar-refractivity contribution in [3.8, 4) is 0 Å². The van der Waals surface area contributed by atoms with Gasteiger partial charge in [-0.05, 0) is 47.1 Å². The molecule has 0 N–H and O–H groups in total. The lowest BCUT2D eigenvalue weighted by atomic mass is 9.89. The maximum atomic E-state index is 4.82. The molecule has 1 aromatic heterocycles. The Morgan fingerprint density at radius 1 is 0.737 bits per heavy atom. The van der Waals surface area contributed by atoms with Crippen molar-refractivity contribution >= 4 is 10.9 Å². The lowest BCUT2D eigenvalue weighted by Gasteiger charge is -2.17. The number of fused-ring (bicyclic) bond motifs is 1. The number of pyridine rings is 1. The lowest BCUT2D eigenvalue weighted by Crippen LogP contribution is -2.00. The highest BCUT2D eigenvalue weighted by atomic mass is 14.7. The zero-order valence-corrected chi connectivity index (χ0v) is 13.0. The van der Waals surface area contributed by atoms with Crippen LogP contribution in [0.5, 0.6) is 0 Å². The normalized spacial score (nSPS) is 12.1. The molecule has 2 aromatic rings. The summed E-state index contributed by atoms with van der Waals surface area (Å²) in [5.41, 5.74) is 5.22. The van der Waals surface area contributed by atoms with Crippen LogP contribution in [0.1, 0.15) is 76.1 Å². The van der Waals surface area contributed by atoms with Gasteiger partial charge in [-0.25, -0.2) is 0 Å². The molecule has 0 aliphatic heterocycles. The summed E-state index contributed by atoms with van der Waals surface area (Å²) in [5.74, 6) is 1.59. The van der Waals surface area contributed by atoms with Crippen molar-refractivity contribution in [1.29, 1.82) is 0 Å². The van der Waals surface area contributed by atoms with E-state index in [-0.39, 0.29) is 0 Å². The molecule has 1 heteroatoms. The van der Waals surface area contributed by atoms with Gasteiger partial charge in [-0.3, -0.25) is 4.98 Å². The van der Waals surface area contributed by atoms with Gasteiger partial charge >= 0.3 is 0 Å². The van der Waals surface area contributed by atoms with Crippen molar-refractivity contribution in [2.24, 2.45) is 0 Å². The van der Waals surface area contributed by atoms with Crippen LogP contribution in [0.15, 0.2) is 24.3 Å². The van der Waals surface area contributed by atoms with Gasteiger partial charge in [0.05, 0.1) is 5.52 Å². The van der Waals surface area contributed by atoms with E-state index in [9.17, 15) is 0 Å². The van der Waals surface area contributed by atoms with Gasteiger partial charge in [-0.15, -0.1) is 0 Å². The average molecular weight is 255 g/mol. The van der Waals surface area contributed by atoms with E-state index in [2.05, 4.69) is 65.8 Å². The van der Waals surface area contributed by atoms with Gasteiger partial charge in [0, 0.05) is 11.1 Å². The molecule has 1 nitrogen and oxygen atoms in total. The highest BCUT2D eigenvalue weighted by molar-refractivity contribution is 5.81. The molecule has 0 saturated carbocycles. The Labute approximate surface area is 117 Å². The van der Waals surface area contributed by atoms with Crippen LogP contribution in [0.25, 0.3) is 10.9 Å². The fourth-order valence-corrected chi connectivity index (χ4v) is 2.54. The molecule has 0 atom stereocenters. The molecule has 0 unspecified atom stereocenters. The van der Waals surface area contributed by atoms with Crippen LogP contribution in [0.3, 0.4) is 0 Å². The zero-order chi connectivity index (χ0) is 14.2. The number of aromatic nitrogens is 1. The topological polar surface area (TPSA) is 12.9 Å². The third-order valence-corrected chi connectivity index (χ3v) is 3.75. The van der Waals surface area contributed by atoms with Crippen LogP contribution in [0, 0.1) is 0 Å². The second-order valence-electron chi connectivity index (χ2n) is 6.37. The summed E-state index contributed by atoms with van der Waals surface area (Å²) in [7, 11) is 0. The minimum atomic E-state index is 0.483. The largest absolute Gasteiger partial charge is 0.253 e. The van der Waals surface area contributed by atoms with Gasteiger partial charge in [-0.2, -0.15) is 0 Å². The molecular weight excluding hydrogens is 230 g/mol. The summed E-state index contributed by atoms with van der Waals surface area (Å²) in [6.07, 6.45) is 0. The number of nitrogens with zero attached hydrogens (tertiary/aromatic N) is 1. The van der Waals surface area contributed by atoms with E-state index in [0.29, 0.717) is 17.8 Å². The van der Waals surface area contributed by atoms with Crippen molar-refractivity contribution in [3.63, 3.8) is 0 Å². The maximum absolute atomic E-state index is 4.82. The Bertz CT molecular complexity index is 580. The van der Waals surface area contributed by atoms with Crippen molar-refractivity contribution in [2.75, 3.05) is 0 Å². The summed E-state index contributed by atoms with van der Waals surface area (Å²) in [6, 6.07) is 8.99. The van der Waals surface area contributed by atoms with Crippen molar-refractivity contribution in [2.45, 2.75) is 59.3 Å². The number of hydrogen-bond donors (Lipinski definition) is 0. The Morgan fingerprint density at radius 2 is 1.32 bits per heavy atom. The number of rotatable bonds is 3. The van der Waals surface area contributed by atoms with Crippen LogP contribution in [0.4, 0.5) is 0 Å². The quantitative estimate of drug-likeness (QED) is 0.695. The molecule has 1 heterocycles. The van der Waals surface area contributed by atoms with Crippen molar-refractivity contribution in [1.82, 2.24) is 4.98 Å². The standard InChI is InChI=1S/C18H25N/c1-11(2)15-9-14-7-8-17(13(5)6)19-18(14)10-16(15)12(3)4/h7-13H,1-6H3. The average Bonchev–Trinajstić information content (AvgIpc) is 2.36. The van der Waals surface area contributed by atoms with Gasteiger partial charge in [0.15, 0.2) is 0 Å². The second-order valence-corrected chi connectivity index (χ2v) is 6.37. The predicted octanol–water partition coefficient (Wildman–Crippen LogP) is 5.61. The Morgan fingerprint density at radius 3 is 1.84 bits per heavy atom. The van der Waals surface area contributed by atoms with Gasteiger partial charge in [0.25, 0.3) is 0 Å². The molecule has 0 aliphatic rings. The first kappa shape index (κ1) is 14.0. The third kappa shape index (κ3) is 2.80. The summed E-state index contributed by atoms with van der Waals surface area (Å²) >= 11 is 0.